The molecule has 0 aliphatic carbocycles. The molecule has 5 nitrogen and oxygen atoms in total. The molecule has 0 fully saturated rings. The summed E-state index contributed by atoms with van der Waals surface area (Å²) in [6, 6.07) is 4.64. The predicted octanol–water partition coefficient (Wildman–Crippen LogP) is 2.59. The first kappa shape index (κ1) is 9.64. The Morgan fingerprint density at radius 2 is 2.20 bits per heavy atom. The summed E-state index contributed by atoms with van der Waals surface area (Å²) in [6.07, 6.45) is 0. The fourth-order valence-electron chi connectivity index (χ4n) is 1.40. The topological polar surface area (TPSA) is 71.8 Å². The first-order chi connectivity index (χ1) is 7.08. The maximum absolute atomic E-state index is 10.6. The summed E-state index contributed by atoms with van der Waals surface area (Å²) in [4.78, 5) is 17.6. The van der Waals surface area contributed by atoms with E-state index in [0.29, 0.717) is 5.52 Å². The van der Waals surface area contributed by atoms with Crippen LogP contribution in [0.2, 0.25) is 0 Å². The Kier molecular flexibility index (Phi) is 2.15. The normalized spacial score (nSPS) is 11.1. The van der Waals surface area contributed by atoms with Crippen molar-refractivity contribution >= 4 is 16.7 Å². The van der Waals surface area contributed by atoms with Crippen molar-refractivity contribution in [2.24, 2.45) is 0 Å². The smallest absolute Gasteiger partial charge is 0.271 e. The van der Waals surface area contributed by atoms with Gasteiger partial charge in [0.2, 0.25) is 0 Å². The van der Waals surface area contributed by atoms with E-state index in [1.807, 2.05) is 13.8 Å². The van der Waals surface area contributed by atoms with E-state index in [-0.39, 0.29) is 11.6 Å². The molecule has 0 amide bonds. The molecule has 5 heteroatoms. The van der Waals surface area contributed by atoms with Crippen LogP contribution in [0.1, 0.15) is 25.6 Å². The zero-order valence-corrected chi connectivity index (χ0v) is 8.52. The summed E-state index contributed by atoms with van der Waals surface area (Å²) in [7, 11) is 0. The number of benzene rings is 1. The maximum atomic E-state index is 10.6. The third-order valence-electron chi connectivity index (χ3n) is 2.24. The zero-order chi connectivity index (χ0) is 11.0. The number of hydrogen-bond acceptors (Lipinski definition) is 3. The summed E-state index contributed by atoms with van der Waals surface area (Å²) in [6.45, 7) is 4.04. The van der Waals surface area contributed by atoms with Gasteiger partial charge in [0.05, 0.1) is 16.0 Å². The third-order valence-corrected chi connectivity index (χ3v) is 2.24. The summed E-state index contributed by atoms with van der Waals surface area (Å²) >= 11 is 0. The third kappa shape index (κ3) is 1.68. The lowest BCUT2D eigenvalue weighted by Crippen LogP contribution is -1.88. The minimum atomic E-state index is -0.407. The molecule has 2 aromatic rings. The highest BCUT2D eigenvalue weighted by molar-refractivity contribution is 5.77. The molecule has 0 radical (unpaired) electrons. The van der Waals surface area contributed by atoms with Crippen molar-refractivity contribution in [3.8, 4) is 0 Å². The van der Waals surface area contributed by atoms with Crippen LogP contribution >= 0.6 is 0 Å². The average Bonchev–Trinajstić information content (AvgIpc) is 2.59. The number of nitro groups is 1. The number of aromatic nitrogens is 2. The summed E-state index contributed by atoms with van der Waals surface area (Å²) in [5, 5.41) is 10.6. The van der Waals surface area contributed by atoms with Crippen LogP contribution in [-0.2, 0) is 0 Å². The number of nitrogens with zero attached hydrogens (tertiary/aromatic N) is 2. The van der Waals surface area contributed by atoms with E-state index in [9.17, 15) is 10.1 Å². The lowest BCUT2D eigenvalue weighted by atomic mass is 10.2. The highest BCUT2D eigenvalue weighted by atomic mass is 16.6. The quantitative estimate of drug-likeness (QED) is 0.605. The van der Waals surface area contributed by atoms with Crippen molar-refractivity contribution in [3.63, 3.8) is 0 Å². The highest BCUT2D eigenvalue weighted by Crippen LogP contribution is 2.21. The van der Waals surface area contributed by atoms with Gasteiger partial charge in [-0.2, -0.15) is 0 Å². The molecule has 1 aromatic heterocycles. The molecule has 2 rings (SSSR count). The molecule has 0 aliphatic rings. The Morgan fingerprint density at radius 3 is 2.80 bits per heavy atom. The van der Waals surface area contributed by atoms with Gasteiger partial charge in [-0.3, -0.25) is 10.1 Å². The van der Waals surface area contributed by atoms with Crippen molar-refractivity contribution in [2.75, 3.05) is 0 Å². The lowest BCUT2D eigenvalue weighted by Gasteiger charge is -1.95. The van der Waals surface area contributed by atoms with Gasteiger partial charge < -0.3 is 4.98 Å². The Morgan fingerprint density at radius 1 is 1.47 bits per heavy atom. The molecule has 0 bridgehead atoms. The Balaban J connectivity index is 2.57. The van der Waals surface area contributed by atoms with Gasteiger partial charge in [0, 0.05) is 18.1 Å². The minimum absolute atomic E-state index is 0.0847. The Bertz CT molecular complexity index is 516. The standard InChI is InChI=1S/C10H11N3O2/c1-6(2)10-11-8-4-3-7(13(14)15)5-9(8)12-10/h3-6H,1-2H3,(H,11,12). The number of fused-ring (bicyclic) bond motifs is 1. The SMILES string of the molecule is CC(C)c1nc2ccc([N+](=O)[O-])cc2[nH]1. The van der Waals surface area contributed by atoms with E-state index in [1.54, 1.807) is 6.07 Å². The van der Waals surface area contributed by atoms with E-state index in [0.717, 1.165) is 11.3 Å². The highest BCUT2D eigenvalue weighted by Gasteiger charge is 2.10. The molecule has 0 saturated heterocycles. The van der Waals surface area contributed by atoms with Gasteiger partial charge in [-0.05, 0) is 6.07 Å². The van der Waals surface area contributed by atoms with Crippen LogP contribution in [0.25, 0.3) is 11.0 Å². The van der Waals surface area contributed by atoms with Gasteiger partial charge in [-0.15, -0.1) is 0 Å². The first-order valence-electron chi connectivity index (χ1n) is 4.72. The first-order valence-corrected chi connectivity index (χ1v) is 4.72. The Labute approximate surface area is 86.3 Å². The van der Waals surface area contributed by atoms with Crippen LogP contribution in [0.15, 0.2) is 18.2 Å². The monoisotopic (exact) mass is 205 g/mol. The maximum Gasteiger partial charge on any atom is 0.271 e. The van der Waals surface area contributed by atoms with Crippen molar-refractivity contribution in [2.45, 2.75) is 19.8 Å². The molecule has 0 aliphatic heterocycles. The van der Waals surface area contributed by atoms with Crippen LogP contribution < -0.4 is 0 Å². The molecule has 0 spiro atoms. The van der Waals surface area contributed by atoms with Crippen molar-refractivity contribution in [3.05, 3.63) is 34.1 Å². The molecule has 15 heavy (non-hydrogen) atoms. The molecular formula is C10H11N3O2. The van der Waals surface area contributed by atoms with Crippen LogP contribution in [-0.4, -0.2) is 14.9 Å². The number of H-pyrrole nitrogens is 1. The summed E-state index contributed by atoms with van der Waals surface area (Å²) in [5.41, 5.74) is 1.57. The van der Waals surface area contributed by atoms with Crippen LogP contribution in [0.3, 0.4) is 0 Å². The van der Waals surface area contributed by atoms with Gasteiger partial charge >= 0.3 is 0 Å². The molecule has 1 aromatic carbocycles. The second-order valence-electron chi connectivity index (χ2n) is 3.74. The van der Waals surface area contributed by atoms with Crippen LogP contribution in [0, 0.1) is 10.1 Å². The van der Waals surface area contributed by atoms with Gasteiger partial charge in [-0.1, -0.05) is 13.8 Å². The van der Waals surface area contributed by atoms with Crippen LogP contribution in [0.4, 0.5) is 5.69 Å². The largest absolute Gasteiger partial charge is 0.342 e. The number of rotatable bonds is 2. The molecule has 1 heterocycles. The molecular weight excluding hydrogens is 194 g/mol. The van der Waals surface area contributed by atoms with E-state index in [4.69, 9.17) is 0 Å². The van der Waals surface area contributed by atoms with E-state index in [1.165, 1.54) is 12.1 Å². The second-order valence-corrected chi connectivity index (χ2v) is 3.74. The van der Waals surface area contributed by atoms with Crippen molar-refractivity contribution < 1.29 is 4.92 Å². The number of nitro benzene ring substituents is 1. The van der Waals surface area contributed by atoms with Gasteiger partial charge in [0.25, 0.3) is 5.69 Å². The Hall–Kier alpha value is -1.91. The van der Waals surface area contributed by atoms with Crippen molar-refractivity contribution in [1.29, 1.82) is 0 Å². The van der Waals surface area contributed by atoms with E-state index in [2.05, 4.69) is 9.97 Å². The van der Waals surface area contributed by atoms with Gasteiger partial charge in [0.1, 0.15) is 5.82 Å². The number of hydrogen-bond donors (Lipinski definition) is 1. The molecule has 0 saturated carbocycles. The molecule has 1 N–H and O–H groups in total. The zero-order valence-electron chi connectivity index (χ0n) is 8.52. The molecule has 0 unspecified atom stereocenters. The predicted molar refractivity (Wildman–Crippen MR) is 56.8 cm³/mol. The molecule has 0 atom stereocenters. The van der Waals surface area contributed by atoms with Crippen molar-refractivity contribution in [1.82, 2.24) is 9.97 Å². The number of non-ortho nitro benzene ring substituents is 1. The van der Waals surface area contributed by atoms with E-state index < -0.39 is 4.92 Å². The molecule has 78 valence electrons. The van der Waals surface area contributed by atoms with Crippen LogP contribution in [0.5, 0.6) is 0 Å². The number of imidazole rings is 1. The van der Waals surface area contributed by atoms with Gasteiger partial charge in [-0.25, -0.2) is 4.98 Å². The fourth-order valence-corrected chi connectivity index (χ4v) is 1.40. The fraction of sp³-hybridized carbons (Fsp3) is 0.300. The van der Waals surface area contributed by atoms with Gasteiger partial charge in [0.15, 0.2) is 0 Å². The summed E-state index contributed by atoms with van der Waals surface area (Å²) < 4.78 is 0. The number of nitrogens with one attached hydrogen (secondary N) is 1. The minimum Gasteiger partial charge on any atom is -0.342 e. The van der Waals surface area contributed by atoms with E-state index >= 15 is 0 Å². The average molecular weight is 205 g/mol. The lowest BCUT2D eigenvalue weighted by molar-refractivity contribution is -0.384. The second kappa shape index (κ2) is 3.34. The number of aromatic amines is 1. The summed E-state index contributed by atoms with van der Waals surface area (Å²) in [5.74, 6) is 1.14.